The molecule has 0 aliphatic carbocycles. The Labute approximate surface area is 107 Å². The molecule has 1 heterocycles. The molecule has 0 saturated carbocycles. The van der Waals surface area contributed by atoms with E-state index < -0.39 is 15.9 Å². The maximum Gasteiger partial charge on any atom is 0.154 e. The Kier molecular flexibility index (Phi) is 4.21. The highest BCUT2D eigenvalue weighted by molar-refractivity contribution is 7.91. The highest BCUT2D eigenvalue weighted by Crippen LogP contribution is 2.12. The fourth-order valence-electron chi connectivity index (χ4n) is 1.95. The third kappa shape index (κ3) is 3.69. The van der Waals surface area contributed by atoms with Crippen LogP contribution in [0.15, 0.2) is 30.3 Å². The first-order chi connectivity index (χ1) is 8.57. The number of sulfone groups is 1. The van der Waals surface area contributed by atoms with Crippen LogP contribution in [0.3, 0.4) is 0 Å². The predicted octanol–water partition coefficient (Wildman–Crippen LogP) is -0.187. The Morgan fingerprint density at radius 3 is 2.61 bits per heavy atom. The van der Waals surface area contributed by atoms with Crippen LogP contribution in [0, 0.1) is 0 Å². The number of aliphatic hydroxyl groups excluding tert-OH is 1. The van der Waals surface area contributed by atoms with Crippen LogP contribution >= 0.6 is 0 Å². The van der Waals surface area contributed by atoms with Crippen molar-refractivity contribution in [3.63, 3.8) is 0 Å². The number of hydrogen-bond donors (Lipinski definition) is 2. The lowest BCUT2D eigenvalue weighted by Crippen LogP contribution is -2.40. The normalized spacial score (nSPS) is 26.1. The molecule has 1 saturated heterocycles. The van der Waals surface area contributed by atoms with Crippen molar-refractivity contribution >= 4 is 9.84 Å². The van der Waals surface area contributed by atoms with Crippen LogP contribution in [-0.2, 0) is 9.84 Å². The zero-order valence-corrected chi connectivity index (χ0v) is 10.8. The third-order valence-corrected chi connectivity index (χ3v) is 4.56. The summed E-state index contributed by atoms with van der Waals surface area (Å²) in [7, 11) is -3.09. The SMILES string of the molecule is O=S1(=O)CC(O)C(NCCOc2ccccc2)C1. The van der Waals surface area contributed by atoms with Crippen molar-refractivity contribution in [2.45, 2.75) is 12.1 Å². The monoisotopic (exact) mass is 271 g/mol. The maximum atomic E-state index is 11.3. The lowest BCUT2D eigenvalue weighted by molar-refractivity contribution is 0.162. The molecule has 2 unspecified atom stereocenters. The molecule has 100 valence electrons. The number of rotatable bonds is 5. The van der Waals surface area contributed by atoms with Gasteiger partial charge in [-0.3, -0.25) is 0 Å². The maximum absolute atomic E-state index is 11.3. The van der Waals surface area contributed by atoms with Gasteiger partial charge in [-0.05, 0) is 12.1 Å². The zero-order valence-electron chi connectivity index (χ0n) is 9.95. The molecule has 2 atom stereocenters. The van der Waals surface area contributed by atoms with Gasteiger partial charge in [-0.2, -0.15) is 0 Å². The second kappa shape index (κ2) is 5.69. The molecule has 1 aliphatic heterocycles. The van der Waals surface area contributed by atoms with Crippen LogP contribution in [0.25, 0.3) is 0 Å². The first kappa shape index (κ1) is 13.3. The second-order valence-corrected chi connectivity index (χ2v) is 6.52. The predicted molar refractivity (Wildman–Crippen MR) is 68.4 cm³/mol. The van der Waals surface area contributed by atoms with Gasteiger partial charge in [0, 0.05) is 12.6 Å². The highest BCUT2D eigenvalue weighted by Gasteiger charge is 2.35. The minimum Gasteiger partial charge on any atom is -0.492 e. The van der Waals surface area contributed by atoms with Crippen LogP contribution in [0.4, 0.5) is 0 Å². The standard InChI is InChI=1S/C12H17NO4S/c14-12-9-18(15,16)8-11(12)13-6-7-17-10-4-2-1-3-5-10/h1-5,11-14H,6-9H2. The summed E-state index contributed by atoms with van der Waals surface area (Å²) < 4.78 is 28.0. The second-order valence-electron chi connectivity index (χ2n) is 4.37. The van der Waals surface area contributed by atoms with Crippen molar-refractivity contribution in [2.24, 2.45) is 0 Å². The van der Waals surface area contributed by atoms with Crippen LogP contribution in [0.5, 0.6) is 5.75 Å². The van der Waals surface area contributed by atoms with Gasteiger partial charge in [0.25, 0.3) is 0 Å². The minimum absolute atomic E-state index is 0.000492. The van der Waals surface area contributed by atoms with Gasteiger partial charge in [0.1, 0.15) is 12.4 Å². The fraction of sp³-hybridized carbons (Fsp3) is 0.500. The molecule has 0 bridgehead atoms. The van der Waals surface area contributed by atoms with Crippen LogP contribution in [0.1, 0.15) is 0 Å². The smallest absolute Gasteiger partial charge is 0.154 e. The van der Waals surface area contributed by atoms with E-state index in [1.54, 1.807) is 0 Å². The summed E-state index contributed by atoms with van der Waals surface area (Å²) in [5, 5.41) is 12.6. The molecule has 0 spiro atoms. The van der Waals surface area contributed by atoms with Gasteiger partial charge < -0.3 is 15.2 Å². The first-order valence-corrected chi connectivity index (χ1v) is 7.69. The summed E-state index contributed by atoms with van der Waals surface area (Å²) in [5.41, 5.74) is 0. The average molecular weight is 271 g/mol. The van der Waals surface area contributed by atoms with E-state index in [-0.39, 0.29) is 17.5 Å². The number of para-hydroxylation sites is 1. The van der Waals surface area contributed by atoms with Crippen molar-refractivity contribution in [1.82, 2.24) is 5.32 Å². The summed E-state index contributed by atoms with van der Waals surface area (Å²) in [6.07, 6.45) is -0.813. The summed E-state index contributed by atoms with van der Waals surface area (Å²) in [6.45, 7) is 0.944. The number of nitrogens with one attached hydrogen (secondary N) is 1. The Morgan fingerprint density at radius 2 is 2.00 bits per heavy atom. The highest BCUT2D eigenvalue weighted by atomic mass is 32.2. The Morgan fingerprint density at radius 1 is 1.28 bits per heavy atom. The molecule has 0 aromatic heterocycles. The summed E-state index contributed by atoms with van der Waals surface area (Å²) in [6, 6.07) is 9.01. The molecule has 0 amide bonds. The van der Waals surface area contributed by atoms with E-state index in [0.717, 1.165) is 5.75 Å². The zero-order chi connectivity index (χ0) is 13.0. The number of ether oxygens (including phenoxy) is 1. The van der Waals surface area contributed by atoms with Crippen molar-refractivity contribution in [3.05, 3.63) is 30.3 Å². The van der Waals surface area contributed by atoms with Gasteiger partial charge in [-0.15, -0.1) is 0 Å². The molecule has 1 aliphatic rings. The topological polar surface area (TPSA) is 75.6 Å². The third-order valence-electron chi connectivity index (χ3n) is 2.84. The van der Waals surface area contributed by atoms with Gasteiger partial charge in [0.15, 0.2) is 9.84 Å². The number of benzene rings is 1. The minimum atomic E-state index is -3.09. The van der Waals surface area contributed by atoms with Gasteiger partial charge in [-0.25, -0.2) is 8.42 Å². The van der Waals surface area contributed by atoms with E-state index in [2.05, 4.69) is 5.32 Å². The number of aliphatic hydroxyl groups is 1. The molecule has 1 fully saturated rings. The molecule has 5 nitrogen and oxygen atoms in total. The van der Waals surface area contributed by atoms with Gasteiger partial charge in [0.2, 0.25) is 0 Å². The molecule has 0 radical (unpaired) electrons. The van der Waals surface area contributed by atoms with E-state index in [4.69, 9.17) is 4.74 Å². The molecular formula is C12H17NO4S. The lowest BCUT2D eigenvalue weighted by Gasteiger charge is -2.15. The van der Waals surface area contributed by atoms with E-state index >= 15 is 0 Å². The van der Waals surface area contributed by atoms with Crippen LogP contribution in [-0.4, -0.2) is 50.3 Å². The van der Waals surface area contributed by atoms with Crippen LogP contribution < -0.4 is 10.1 Å². The first-order valence-electron chi connectivity index (χ1n) is 5.86. The summed E-state index contributed by atoms with van der Waals surface area (Å²) in [5.74, 6) is 0.628. The van der Waals surface area contributed by atoms with E-state index in [1.165, 1.54) is 0 Å². The van der Waals surface area contributed by atoms with Crippen LogP contribution in [0.2, 0.25) is 0 Å². The molecule has 1 aromatic rings. The van der Waals surface area contributed by atoms with Crippen molar-refractivity contribution in [3.8, 4) is 5.75 Å². The van der Waals surface area contributed by atoms with Crippen molar-refractivity contribution in [1.29, 1.82) is 0 Å². The Balaban J connectivity index is 1.70. The molecule has 18 heavy (non-hydrogen) atoms. The Hall–Kier alpha value is -1.11. The quantitative estimate of drug-likeness (QED) is 0.726. The molecule has 1 aromatic carbocycles. The van der Waals surface area contributed by atoms with E-state index in [9.17, 15) is 13.5 Å². The van der Waals surface area contributed by atoms with Crippen molar-refractivity contribution in [2.75, 3.05) is 24.7 Å². The molecule has 2 rings (SSSR count). The summed E-state index contributed by atoms with van der Waals surface area (Å²) in [4.78, 5) is 0. The molecule has 6 heteroatoms. The van der Waals surface area contributed by atoms with Gasteiger partial charge in [-0.1, -0.05) is 18.2 Å². The largest absolute Gasteiger partial charge is 0.492 e. The molecule has 2 N–H and O–H groups in total. The van der Waals surface area contributed by atoms with E-state index in [0.29, 0.717) is 13.2 Å². The lowest BCUT2D eigenvalue weighted by atomic mass is 10.2. The van der Waals surface area contributed by atoms with Gasteiger partial charge in [0.05, 0.1) is 17.6 Å². The number of hydrogen-bond acceptors (Lipinski definition) is 5. The van der Waals surface area contributed by atoms with Gasteiger partial charge >= 0.3 is 0 Å². The average Bonchev–Trinajstić information content (AvgIpc) is 2.59. The molecular weight excluding hydrogens is 254 g/mol. The fourth-order valence-corrected chi connectivity index (χ4v) is 3.73. The van der Waals surface area contributed by atoms with E-state index in [1.807, 2.05) is 30.3 Å². The Bertz CT molecular complexity index is 474. The van der Waals surface area contributed by atoms with Crippen molar-refractivity contribution < 1.29 is 18.3 Å². The summed E-state index contributed by atoms with van der Waals surface area (Å²) >= 11 is 0.